The molecule has 1 aliphatic heterocycles. The molecule has 1 aliphatic carbocycles. The van der Waals surface area contributed by atoms with Crippen LogP contribution < -0.4 is 9.64 Å². The van der Waals surface area contributed by atoms with Gasteiger partial charge in [-0.15, -0.1) is 0 Å². The van der Waals surface area contributed by atoms with Gasteiger partial charge in [-0.1, -0.05) is 37.5 Å². The average Bonchev–Trinajstić information content (AvgIpc) is 2.93. The van der Waals surface area contributed by atoms with Crippen molar-refractivity contribution < 1.29 is 14.2 Å². The summed E-state index contributed by atoms with van der Waals surface area (Å²) in [7, 11) is 0. The molecule has 1 atom stereocenters. The van der Waals surface area contributed by atoms with Gasteiger partial charge in [0.15, 0.2) is 0 Å². The van der Waals surface area contributed by atoms with Crippen LogP contribution in [0.25, 0.3) is 0 Å². The minimum absolute atomic E-state index is 0.103. The predicted octanol–water partition coefficient (Wildman–Crippen LogP) is 7.30. The Morgan fingerprint density at radius 2 is 1.71 bits per heavy atom. The second kappa shape index (κ2) is 12.2. The molecule has 5 heteroatoms. The molecule has 3 aromatic rings. The highest BCUT2D eigenvalue weighted by Gasteiger charge is 2.28. The highest BCUT2D eigenvalue weighted by molar-refractivity contribution is 5.53. The largest absolute Gasteiger partial charge is 0.508 e. The summed E-state index contributed by atoms with van der Waals surface area (Å²) in [4.78, 5) is 4.98. The average molecular weight is 517 g/mol. The summed E-state index contributed by atoms with van der Waals surface area (Å²) in [5.41, 5.74) is 4.64. The van der Waals surface area contributed by atoms with Crippen LogP contribution in [0.2, 0.25) is 0 Å². The van der Waals surface area contributed by atoms with Crippen LogP contribution in [-0.4, -0.2) is 41.8 Å². The van der Waals surface area contributed by atoms with Gasteiger partial charge in [0.05, 0.1) is 6.04 Å². The molecule has 1 N–H and O–H groups in total. The number of nitrogens with zero attached hydrogens (tertiary/aromatic N) is 2. The van der Waals surface area contributed by atoms with E-state index in [0.29, 0.717) is 24.4 Å². The second-order valence-corrected chi connectivity index (χ2v) is 11.1. The van der Waals surface area contributed by atoms with E-state index in [9.17, 15) is 9.50 Å². The molecule has 1 saturated carbocycles. The normalized spacial score (nSPS) is 18.1. The quantitative estimate of drug-likeness (QED) is 0.324. The van der Waals surface area contributed by atoms with E-state index >= 15 is 0 Å². The predicted molar refractivity (Wildman–Crippen MR) is 153 cm³/mol. The topological polar surface area (TPSA) is 35.9 Å². The zero-order chi connectivity index (χ0) is 26.5. The van der Waals surface area contributed by atoms with Crippen molar-refractivity contribution in [2.75, 3.05) is 24.6 Å². The molecule has 3 aromatic carbocycles. The van der Waals surface area contributed by atoms with Crippen LogP contribution >= 0.6 is 0 Å². The molecule has 1 unspecified atom stereocenters. The van der Waals surface area contributed by atoms with Gasteiger partial charge in [0.1, 0.15) is 23.9 Å². The van der Waals surface area contributed by atoms with Gasteiger partial charge in [0.2, 0.25) is 0 Å². The van der Waals surface area contributed by atoms with Crippen molar-refractivity contribution in [3.8, 4) is 11.5 Å². The fourth-order valence-electron chi connectivity index (χ4n) is 6.35. The Kier molecular flexibility index (Phi) is 8.53. The molecule has 0 bridgehead atoms. The molecule has 38 heavy (non-hydrogen) atoms. The summed E-state index contributed by atoms with van der Waals surface area (Å²) < 4.78 is 19.8. The zero-order valence-corrected chi connectivity index (χ0v) is 22.8. The number of phenolic OH excluding ortho intramolecular Hbond substituents is 1. The molecular formula is C33H41FN2O2. The fraction of sp³-hybridized carbons (Fsp3) is 0.455. The van der Waals surface area contributed by atoms with Gasteiger partial charge in [-0.3, -0.25) is 4.90 Å². The standard InChI is InChI=1S/C33H41FN2O2/c1-24(2)35(28-6-4-3-5-7-28)20-21-38-31-15-8-25(9-16-31)22-33-32-17-14-30(37)23-26(32)18-19-36(33)29-12-10-27(34)11-13-29/h8-17,23-24,28,33,37H,3-7,18-22H2,1-2H3. The molecule has 0 aromatic heterocycles. The molecule has 1 heterocycles. The van der Waals surface area contributed by atoms with Crippen LogP contribution in [0.15, 0.2) is 66.7 Å². The van der Waals surface area contributed by atoms with Crippen LogP contribution in [0.1, 0.15) is 68.7 Å². The Hall–Kier alpha value is -3.05. The van der Waals surface area contributed by atoms with Gasteiger partial charge in [-0.25, -0.2) is 4.39 Å². The first-order valence-corrected chi connectivity index (χ1v) is 14.3. The first-order chi connectivity index (χ1) is 18.5. The maximum Gasteiger partial charge on any atom is 0.123 e. The Morgan fingerprint density at radius 3 is 2.42 bits per heavy atom. The van der Waals surface area contributed by atoms with Gasteiger partial charge >= 0.3 is 0 Å². The lowest BCUT2D eigenvalue weighted by Crippen LogP contribution is -2.43. The number of anilines is 1. The molecule has 0 spiro atoms. The number of benzene rings is 3. The third-order valence-corrected chi connectivity index (χ3v) is 8.32. The van der Waals surface area contributed by atoms with Crippen LogP contribution in [0.3, 0.4) is 0 Å². The molecule has 2 aliphatic rings. The lowest BCUT2D eigenvalue weighted by atomic mass is 9.88. The van der Waals surface area contributed by atoms with Crippen LogP contribution in [0, 0.1) is 5.82 Å². The number of fused-ring (bicyclic) bond motifs is 1. The SMILES string of the molecule is CC(C)N(CCOc1ccc(CC2c3ccc(O)cc3CCN2c2ccc(F)cc2)cc1)C1CCCCC1. The fourth-order valence-corrected chi connectivity index (χ4v) is 6.35. The number of halogens is 1. The first kappa shape index (κ1) is 26.6. The number of hydrogen-bond donors (Lipinski definition) is 1. The van der Waals surface area contributed by atoms with Gasteiger partial charge < -0.3 is 14.7 Å². The lowest BCUT2D eigenvalue weighted by Gasteiger charge is -2.39. The first-order valence-electron chi connectivity index (χ1n) is 14.3. The van der Waals surface area contributed by atoms with E-state index < -0.39 is 0 Å². The second-order valence-electron chi connectivity index (χ2n) is 11.1. The van der Waals surface area contributed by atoms with E-state index in [-0.39, 0.29) is 11.9 Å². The van der Waals surface area contributed by atoms with Crippen molar-refractivity contribution in [1.29, 1.82) is 0 Å². The molecule has 0 radical (unpaired) electrons. The Bertz CT molecular complexity index is 1170. The number of phenols is 1. The molecule has 202 valence electrons. The third kappa shape index (κ3) is 6.32. The van der Waals surface area contributed by atoms with Gasteiger partial charge in [0, 0.05) is 30.9 Å². The van der Waals surface area contributed by atoms with Crippen LogP contribution in [-0.2, 0) is 12.8 Å². The number of rotatable bonds is 9. The zero-order valence-electron chi connectivity index (χ0n) is 22.8. The molecule has 5 rings (SSSR count). The number of ether oxygens (including phenoxy) is 1. The smallest absolute Gasteiger partial charge is 0.123 e. The molecular weight excluding hydrogens is 475 g/mol. The van der Waals surface area contributed by atoms with Crippen molar-refractivity contribution in [3.63, 3.8) is 0 Å². The Balaban J connectivity index is 1.26. The molecule has 0 amide bonds. The van der Waals surface area contributed by atoms with Crippen molar-refractivity contribution in [2.24, 2.45) is 0 Å². The van der Waals surface area contributed by atoms with E-state index in [2.05, 4.69) is 47.9 Å². The molecule has 1 fully saturated rings. The lowest BCUT2D eigenvalue weighted by molar-refractivity contribution is 0.0998. The van der Waals surface area contributed by atoms with E-state index in [1.54, 1.807) is 6.07 Å². The number of hydrogen-bond acceptors (Lipinski definition) is 4. The summed E-state index contributed by atoms with van der Waals surface area (Å²) >= 11 is 0. The summed E-state index contributed by atoms with van der Waals surface area (Å²) in [5, 5.41) is 10.0. The van der Waals surface area contributed by atoms with Crippen molar-refractivity contribution in [2.45, 2.75) is 76.9 Å². The van der Waals surface area contributed by atoms with E-state index in [4.69, 9.17) is 4.74 Å². The summed E-state index contributed by atoms with van der Waals surface area (Å²) in [6.07, 6.45) is 8.36. The van der Waals surface area contributed by atoms with Crippen molar-refractivity contribution >= 4 is 5.69 Å². The van der Waals surface area contributed by atoms with Crippen molar-refractivity contribution in [3.05, 3.63) is 89.2 Å². The molecule has 0 saturated heterocycles. The number of aromatic hydroxyl groups is 1. The highest BCUT2D eigenvalue weighted by Crippen LogP contribution is 2.37. The highest BCUT2D eigenvalue weighted by atomic mass is 19.1. The summed E-state index contributed by atoms with van der Waals surface area (Å²) in [6.45, 7) is 7.07. The minimum Gasteiger partial charge on any atom is -0.508 e. The Labute approximate surface area is 227 Å². The van der Waals surface area contributed by atoms with E-state index in [0.717, 1.165) is 37.4 Å². The third-order valence-electron chi connectivity index (χ3n) is 8.32. The van der Waals surface area contributed by atoms with Gasteiger partial charge in [-0.2, -0.15) is 0 Å². The Morgan fingerprint density at radius 1 is 0.974 bits per heavy atom. The maximum atomic E-state index is 13.6. The van der Waals surface area contributed by atoms with Crippen LogP contribution in [0.4, 0.5) is 10.1 Å². The minimum atomic E-state index is -0.224. The van der Waals surface area contributed by atoms with E-state index in [1.165, 1.54) is 60.9 Å². The molecule has 4 nitrogen and oxygen atoms in total. The van der Waals surface area contributed by atoms with Gasteiger partial charge in [-0.05, 0) is 105 Å². The van der Waals surface area contributed by atoms with Gasteiger partial charge in [0.25, 0.3) is 0 Å². The summed E-state index contributed by atoms with van der Waals surface area (Å²) in [6, 6.07) is 22.3. The maximum absolute atomic E-state index is 13.6. The van der Waals surface area contributed by atoms with Crippen LogP contribution in [0.5, 0.6) is 11.5 Å². The van der Waals surface area contributed by atoms with Crippen molar-refractivity contribution in [1.82, 2.24) is 4.90 Å². The summed E-state index contributed by atoms with van der Waals surface area (Å²) in [5.74, 6) is 0.989. The van der Waals surface area contributed by atoms with E-state index in [1.807, 2.05) is 24.3 Å². The monoisotopic (exact) mass is 516 g/mol.